The molecule has 1 aromatic carbocycles. The van der Waals surface area contributed by atoms with Crippen LogP contribution in [0.2, 0.25) is 0 Å². The largest absolute Gasteiger partial charge is 0.478 e. The molecule has 0 fully saturated rings. The van der Waals surface area contributed by atoms with Gasteiger partial charge >= 0.3 is 5.97 Å². The van der Waals surface area contributed by atoms with Crippen molar-refractivity contribution in [2.24, 2.45) is 0 Å². The predicted molar refractivity (Wildman–Crippen MR) is 83.1 cm³/mol. The monoisotopic (exact) mass is 277 g/mol. The molecule has 0 spiro atoms. The van der Waals surface area contributed by atoms with Crippen molar-refractivity contribution in [1.29, 1.82) is 0 Å². The highest BCUT2D eigenvalue weighted by Crippen LogP contribution is 2.13. The van der Waals surface area contributed by atoms with E-state index in [0.717, 1.165) is 25.2 Å². The SMILES string of the molecule is CCCCCN(CCCC)Cc1ccccc1C(=O)O. The Labute approximate surface area is 122 Å². The van der Waals surface area contributed by atoms with Gasteiger partial charge in [-0.1, -0.05) is 51.3 Å². The van der Waals surface area contributed by atoms with E-state index in [1.807, 2.05) is 12.1 Å². The Bertz CT molecular complexity index is 404. The molecular weight excluding hydrogens is 250 g/mol. The minimum absolute atomic E-state index is 0.435. The number of hydrogen-bond donors (Lipinski definition) is 1. The Morgan fingerprint density at radius 2 is 1.70 bits per heavy atom. The number of benzene rings is 1. The first-order valence-electron chi connectivity index (χ1n) is 7.72. The van der Waals surface area contributed by atoms with E-state index in [2.05, 4.69) is 18.7 Å². The molecule has 1 aromatic rings. The molecule has 0 saturated heterocycles. The predicted octanol–water partition coefficient (Wildman–Crippen LogP) is 4.18. The van der Waals surface area contributed by atoms with E-state index in [4.69, 9.17) is 0 Å². The average Bonchev–Trinajstić information content (AvgIpc) is 2.45. The van der Waals surface area contributed by atoms with Crippen molar-refractivity contribution in [3.05, 3.63) is 35.4 Å². The van der Waals surface area contributed by atoms with Gasteiger partial charge in [-0.2, -0.15) is 0 Å². The maximum Gasteiger partial charge on any atom is 0.336 e. The third kappa shape index (κ3) is 5.74. The van der Waals surface area contributed by atoms with Crippen molar-refractivity contribution in [2.75, 3.05) is 13.1 Å². The van der Waals surface area contributed by atoms with E-state index in [-0.39, 0.29) is 0 Å². The summed E-state index contributed by atoms with van der Waals surface area (Å²) in [7, 11) is 0. The van der Waals surface area contributed by atoms with Gasteiger partial charge in [0.05, 0.1) is 5.56 Å². The molecule has 1 rings (SSSR count). The Balaban J connectivity index is 2.69. The van der Waals surface area contributed by atoms with E-state index in [0.29, 0.717) is 5.56 Å². The third-order valence-corrected chi connectivity index (χ3v) is 3.55. The lowest BCUT2D eigenvalue weighted by atomic mass is 10.1. The molecule has 1 N–H and O–H groups in total. The number of rotatable bonds is 10. The zero-order chi connectivity index (χ0) is 14.8. The summed E-state index contributed by atoms with van der Waals surface area (Å²) in [6, 6.07) is 7.34. The number of carboxylic acid groups (broad SMARTS) is 1. The zero-order valence-electron chi connectivity index (χ0n) is 12.8. The van der Waals surface area contributed by atoms with Crippen LogP contribution < -0.4 is 0 Å². The fourth-order valence-electron chi connectivity index (χ4n) is 2.34. The minimum Gasteiger partial charge on any atom is -0.478 e. The summed E-state index contributed by atoms with van der Waals surface area (Å²) in [5, 5.41) is 9.25. The van der Waals surface area contributed by atoms with Crippen molar-refractivity contribution in [2.45, 2.75) is 52.5 Å². The van der Waals surface area contributed by atoms with E-state index >= 15 is 0 Å². The molecule has 112 valence electrons. The van der Waals surface area contributed by atoms with Gasteiger partial charge in [-0.25, -0.2) is 4.79 Å². The molecule has 0 aliphatic rings. The van der Waals surface area contributed by atoms with Crippen LogP contribution in [0.3, 0.4) is 0 Å². The molecule has 0 aliphatic heterocycles. The van der Waals surface area contributed by atoms with E-state index in [1.54, 1.807) is 12.1 Å². The summed E-state index contributed by atoms with van der Waals surface area (Å²) in [6.45, 7) is 7.24. The summed E-state index contributed by atoms with van der Waals surface area (Å²) >= 11 is 0. The summed E-state index contributed by atoms with van der Waals surface area (Å²) in [6.07, 6.45) is 5.98. The first-order valence-corrected chi connectivity index (χ1v) is 7.72. The highest BCUT2D eigenvalue weighted by Gasteiger charge is 2.12. The Morgan fingerprint density at radius 1 is 1.05 bits per heavy atom. The standard InChI is InChI=1S/C17H27NO2/c1-3-5-9-13-18(12-6-4-2)14-15-10-7-8-11-16(15)17(19)20/h7-8,10-11H,3-6,9,12-14H2,1-2H3,(H,19,20). The van der Waals surface area contributed by atoms with Crippen LogP contribution in [0.25, 0.3) is 0 Å². The molecule has 0 heterocycles. The second-order valence-corrected chi connectivity index (χ2v) is 5.30. The second kappa shape index (κ2) is 9.54. The van der Waals surface area contributed by atoms with Gasteiger partial charge in [0.25, 0.3) is 0 Å². The normalized spacial score (nSPS) is 10.9. The van der Waals surface area contributed by atoms with Crippen LogP contribution in [-0.2, 0) is 6.54 Å². The molecule has 0 atom stereocenters. The molecule has 0 aromatic heterocycles. The lowest BCUT2D eigenvalue weighted by Gasteiger charge is -2.23. The first-order chi connectivity index (χ1) is 9.69. The lowest BCUT2D eigenvalue weighted by Crippen LogP contribution is -2.26. The molecular formula is C17H27NO2. The van der Waals surface area contributed by atoms with E-state index in [9.17, 15) is 9.90 Å². The van der Waals surface area contributed by atoms with Crippen LogP contribution >= 0.6 is 0 Å². The van der Waals surface area contributed by atoms with Crippen molar-refractivity contribution in [3.8, 4) is 0 Å². The highest BCUT2D eigenvalue weighted by atomic mass is 16.4. The third-order valence-electron chi connectivity index (χ3n) is 3.55. The van der Waals surface area contributed by atoms with Gasteiger partial charge in [0.15, 0.2) is 0 Å². The topological polar surface area (TPSA) is 40.5 Å². The number of aromatic carboxylic acids is 1. The van der Waals surface area contributed by atoms with Crippen LogP contribution in [0, 0.1) is 0 Å². The highest BCUT2D eigenvalue weighted by molar-refractivity contribution is 5.89. The molecule has 20 heavy (non-hydrogen) atoms. The minimum atomic E-state index is -0.829. The van der Waals surface area contributed by atoms with Crippen molar-refractivity contribution in [1.82, 2.24) is 4.90 Å². The van der Waals surface area contributed by atoms with Crippen molar-refractivity contribution >= 4 is 5.97 Å². The molecule has 3 heteroatoms. The number of unbranched alkanes of at least 4 members (excludes halogenated alkanes) is 3. The summed E-state index contributed by atoms with van der Waals surface area (Å²) in [5.74, 6) is -0.829. The van der Waals surface area contributed by atoms with E-state index < -0.39 is 5.97 Å². The molecule has 0 aliphatic carbocycles. The number of nitrogens with zero attached hydrogens (tertiary/aromatic N) is 1. The van der Waals surface area contributed by atoms with Crippen LogP contribution in [0.15, 0.2) is 24.3 Å². The second-order valence-electron chi connectivity index (χ2n) is 5.30. The molecule has 0 amide bonds. The fourth-order valence-corrected chi connectivity index (χ4v) is 2.34. The van der Waals surface area contributed by atoms with Gasteiger partial charge in [0.2, 0.25) is 0 Å². The fraction of sp³-hybridized carbons (Fsp3) is 0.588. The van der Waals surface area contributed by atoms with Crippen LogP contribution in [-0.4, -0.2) is 29.1 Å². The quantitative estimate of drug-likeness (QED) is 0.652. The van der Waals surface area contributed by atoms with Gasteiger partial charge in [0, 0.05) is 6.54 Å². The van der Waals surface area contributed by atoms with Gasteiger partial charge in [-0.15, -0.1) is 0 Å². The zero-order valence-corrected chi connectivity index (χ0v) is 12.8. The van der Waals surface area contributed by atoms with Gasteiger partial charge < -0.3 is 5.11 Å². The molecule has 0 radical (unpaired) electrons. The average molecular weight is 277 g/mol. The van der Waals surface area contributed by atoms with Crippen molar-refractivity contribution < 1.29 is 9.90 Å². The summed E-state index contributed by atoms with van der Waals surface area (Å²) < 4.78 is 0. The molecule has 3 nitrogen and oxygen atoms in total. The Morgan fingerprint density at radius 3 is 2.35 bits per heavy atom. The van der Waals surface area contributed by atoms with Crippen LogP contribution in [0.1, 0.15) is 61.9 Å². The maximum atomic E-state index is 11.3. The molecule has 0 bridgehead atoms. The first kappa shape index (κ1) is 16.7. The number of hydrogen-bond acceptors (Lipinski definition) is 2. The summed E-state index contributed by atoms with van der Waals surface area (Å²) in [5.41, 5.74) is 1.36. The lowest BCUT2D eigenvalue weighted by molar-refractivity contribution is 0.0694. The van der Waals surface area contributed by atoms with Crippen LogP contribution in [0.4, 0.5) is 0 Å². The van der Waals surface area contributed by atoms with Gasteiger partial charge in [-0.3, -0.25) is 4.90 Å². The van der Waals surface area contributed by atoms with Gasteiger partial charge in [0.1, 0.15) is 0 Å². The molecule has 0 saturated carbocycles. The smallest absolute Gasteiger partial charge is 0.336 e. The number of carboxylic acids is 1. The Kier molecular flexibility index (Phi) is 7.97. The van der Waals surface area contributed by atoms with Gasteiger partial charge in [-0.05, 0) is 37.6 Å². The van der Waals surface area contributed by atoms with E-state index in [1.165, 1.54) is 32.1 Å². The Hall–Kier alpha value is -1.35. The van der Waals surface area contributed by atoms with Crippen molar-refractivity contribution in [3.63, 3.8) is 0 Å². The summed E-state index contributed by atoms with van der Waals surface area (Å²) in [4.78, 5) is 13.6. The van der Waals surface area contributed by atoms with Crippen LogP contribution in [0.5, 0.6) is 0 Å². The maximum absolute atomic E-state index is 11.3. The molecule has 0 unspecified atom stereocenters. The number of carbonyl (C=O) groups is 1.